The van der Waals surface area contributed by atoms with Gasteiger partial charge in [0.1, 0.15) is 11.8 Å². The van der Waals surface area contributed by atoms with Crippen molar-refractivity contribution in [2.45, 2.75) is 51.7 Å². The van der Waals surface area contributed by atoms with Crippen molar-refractivity contribution in [1.82, 2.24) is 19.8 Å². The topological polar surface area (TPSA) is 121 Å². The third kappa shape index (κ3) is 6.55. The number of hydrogen-bond donors (Lipinski definition) is 1. The molecule has 2 aromatic carbocycles. The van der Waals surface area contributed by atoms with Crippen molar-refractivity contribution in [1.29, 1.82) is 5.26 Å². The van der Waals surface area contributed by atoms with Crippen LogP contribution in [-0.2, 0) is 16.4 Å². The maximum Gasteiger partial charge on any atom is 0.258 e. The van der Waals surface area contributed by atoms with Crippen LogP contribution in [0.1, 0.15) is 55.8 Å². The minimum Gasteiger partial charge on any atom is -0.490 e. The third-order valence-corrected chi connectivity index (χ3v) is 7.69. The number of hydrogen-bond acceptors (Lipinski definition) is 8. The van der Waals surface area contributed by atoms with Crippen LogP contribution in [0, 0.1) is 11.3 Å². The number of nitrogens with one attached hydrogen (secondary N) is 1. The van der Waals surface area contributed by atoms with Gasteiger partial charge in [0, 0.05) is 17.2 Å². The summed E-state index contributed by atoms with van der Waals surface area (Å²) in [7, 11) is 0.453. The molecule has 9 nitrogen and oxygen atoms in total. The van der Waals surface area contributed by atoms with Crippen LogP contribution in [0.4, 0.5) is 0 Å². The van der Waals surface area contributed by atoms with Crippen LogP contribution < -0.4 is 9.46 Å². The highest BCUT2D eigenvalue weighted by Gasteiger charge is 2.27. The molecule has 4 rings (SSSR count). The van der Waals surface area contributed by atoms with Crippen LogP contribution >= 0.6 is 0 Å². The first-order chi connectivity index (χ1) is 17.7. The van der Waals surface area contributed by atoms with Gasteiger partial charge in [-0.1, -0.05) is 23.4 Å². The molecule has 0 fully saturated rings. The summed E-state index contributed by atoms with van der Waals surface area (Å²) in [6.07, 6.45) is 2.91. The molecular formula is C27H33N5O4S. The number of nitriles is 1. The predicted molar refractivity (Wildman–Crippen MR) is 141 cm³/mol. The lowest BCUT2D eigenvalue weighted by molar-refractivity contribution is 0.241. The van der Waals surface area contributed by atoms with Crippen LogP contribution in [0.15, 0.2) is 40.9 Å². The van der Waals surface area contributed by atoms with Crippen molar-refractivity contribution >= 4 is 10.0 Å². The molecule has 196 valence electrons. The van der Waals surface area contributed by atoms with E-state index in [-0.39, 0.29) is 17.9 Å². The number of rotatable bonds is 10. The van der Waals surface area contributed by atoms with Gasteiger partial charge in [0.05, 0.1) is 17.4 Å². The summed E-state index contributed by atoms with van der Waals surface area (Å²) in [4.78, 5) is 6.59. The van der Waals surface area contributed by atoms with E-state index in [0.29, 0.717) is 35.0 Å². The number of ether oxygens (including phenoxy) is 1. The Balaban J connectivity index is 1.58. The fraction of sp³-hybridized carbons (Fsp3) is 0.444. The molecule has 0 unspecified atom stereocenters. The van der Waals surface area contributed by atoms with E-state index in [1.165, 1.54) is 0 Å². The molecule has 1 atom stereocenters. The lowest BCUT2D eigenvalue weighted by Gasteiger charge is -2.27. The zero-order chi connectivity index (χ0) is 26.6. The molecule has 0 radical (unpaired) electrons. The van der Waals surface area contributed by atoms with Gasteiger partial charge in [-0.15, -0.1) is 0 Å². The Morgan fingerprint density at radius 1 is 1.27 bits per heavy atom. The van der Waals surface area contributed by atoms with E-state index in [9.17, 15) is 13.7 Å². The Hall–Kier alpha value is -3.26. The van der Waals surface area contributed by atoms with Gasteiger partial charge in [0.25, 0.3) is 5.89 Å². The average molecular weight is 524 g/mol. The second kappa shape index (κ2) is 11.4. The van der Waals surface area contributed by atoms with Gasteiger partial charge in [-0.25, -0.2) is 13.1 Å². The van der Waals surface area contributed by atoms with Crippen molar-refractivity contribution in [2.24, 2.45) is 0 Å². The van der Waals surface area contributed by atoms with Gasteiger partial charge in [-0.3, -0.25) is 0 Å². The fourth-order valence-electron chi connectivity index (χ4n) is 4.58. The number of nitrogens with zero attached hydrogens (tertiary/aromatic N) is 4. The first kappa shape index (κ1) is 26.8. The molecule has 0 amide bonds. The van der Waals surface area contributed by atoms with Crippen molar-refractivity contribution in [3.05, 3.63) is 53.1 Å². The normalized spacial score (nSPS) is 15.5. The zero-order valence-electron chi connectivity index (χ0n) is 21.7. The van der Waals surface area contributed by atoms with Gasteiger partial charge in [0.15, 0.2) is 0 Å². The summed E-state index contributed by atoms with van der Waals surface area (Å²) in [6, 6.07) is 12.9. The van der Waals surface area contributed by atoms with Gasteiger partial charge in [-0.2, -0.15) is 10.2 Å². The van der Waals surface area contributed by atoms with E-state index in [1.54, 1.807) is 18.2 Å². The molecule has 0 saturated heterocycles. The molecule has 1 heterocycles. The zero-order valence-corrected chi connectivity index (χ0v) is 22.5. The Morgan fingerprint density at radius 3 is 2.81 bits per heavy atom. The molecule has 1 aliphatic carbocycles. The van der Waals surface area contributed by atoms with E-state index >= 15 is 0 Å². The number of aromatic nitrogens is 2. The van der Waals surface area contributed by atoms with Crippen LogP contribution in [-0.4, -0.2) is 56.0 Å². The molecule has 0 bridgehead atoms. The quantitative estimate of drug-likeness (QED) is 0.417. The summed E-state index contributed by atoms with van der Waals surface area (Å²) in [5.41, 5.74) is 3.82. The summed E-state index contributed by atoms with van der Waals surface area (Å²) in [6.45, 7) is 4.52. The van der Waals surface area contributed by atoms with Gasteiger partial charge < -0.3 is 14.2 Å². The molecule has 10 heteroatoms. The van der Waals surface area contributed by atoms with Crippen molar-refractivity contribution < 1.29 is 17.7 Å². The second-order valence-electron chi connectivity index (χ2n) is 9.82. The van der Waals surface area contributed by atoms with Crippen LogP contribution in [0.2, 0.25) is 0 Å². The fourth-order valence-corrected chi connectivity index (χ4v) is 5.89. The minimum atomic E-state index is -3.41. The van der Waals surface area contributed by atoms with Gasteiger partial charge in [-0.05, 0) is 89.5 Å². The highest BCUT2D eigenvalue weighted by atomic mass is 32.2. The average Bonchev–Trinajstić information content (AvgIpc) is 3.33. The predicted octanol–water partition coefficient (Wildman–Crippen LogP) is 4.31. The molecule has 0 saturated carbocycles. The van der Waals surface area contributed by atoms with E-state index in [1.807, 2.05) is 51.0 Å². The molecule has 3 aromatic rings. The van der Waals surface area contributed by atoms with E-state index < -0.39 is 10.0 Å². The summed E-state index contributed by atoms with van der Waals surface area (Å²) >= 11 is 0. The van der Waals surface area contributed by atoms with Crippen LogP contribution in [0.25, 0.3) is 22.8 Å². The van der Waals surface area contributed by atoms with E-state index in [4.69, 9.17) is 9.26 Å². The maximum atomic E-state index is 12.7. The highest BCUT2D eigenvalue weighted by Crippen LogP contribution is 2.36. The lowest BCUT2D eigenvalue weighted by atomic mass is 9.85. The first-order valence-corrected chi connectivity index (χ1v) is 14.1. The van der Waals surface area contributed by atoms with Gasteiger partial charge in [0.2, 0.25) is 15.8 Å². The van der Waals surface area contributed by atoms with Crippen molar-refractivity contribution in [2.75, 3.05) is 26.4 Å². The lowest BCUT2D eigenvalue weighted by Crippen LogP contribution is -2.33. The SMILES string of the molecule is CC(C)Oc1ccc(-c2nc(-c3cccc4c3CCC[C@H]4NS(=O)(=O)CCCN(C)C)no2)cc1C#N. The maximum absolute atomic E-state index is 12.7. The Labute approximate surface area is 218 Å². The monoisotopic (exact) mass is 523 g/mol. The Kier molecular flexibility index (Phi) is 8.27. The largest absolute Gasteiger partial charge is 0.490 e. The van der Waals surface area contributed by atoms with Crippen LogP contribution in [0.5, 0.6) is 5.75 Å². The van der Waals surface area contributed by atoms with E-state index in [2.05, 4.69) is 20.9 Å². The smallest absolute Gasteiger partial charge is 0.258 e. The summed E-state index contributed by atoms with van der Waals surface area (Å²) in [5, 5.41) is 13.8. The number of benzene rings is 2. The molecule has 1 N–H and O–H groups in total. The molecular weight excluding hydrogens is 490 g/mol. The van der Waals surface area contributed by atoms with Crippen molar-refractivity contribution in [3.8, 4) is 34.7 Å². The number of sulfonamides is 1. The van der Waals surface area contributed by atoms with Crippen LogP contribution in [0.3, 0.4) is 0 Å². The summed E-state index contributed by atoms with van der Waals surface area (Å²) < 4.78 is 39.7. The third-order valence-electron chi connectivity index (χ3n) is 6.22. The van der Waals surface area contributed by atoms with Gasteiger partial charge >= 0.3 is 0 Å². The Morgan fingerprint density at radius 2 is 2.08 bits per heavy atom. The Bertz CT molecular complexity index is 1390. The standard InChI is InChI=1S/C27H33N5O4S/c1-18(2)35-25-13-12-19(16-20(25)17-28)27-29-26(30-36-27)23-10-5-9-22-21(23)8-6-11-24(22)31-37(33,34)15-7-14-32(3)4/h5,9-10,12-13,16,18,24,31H,6-8,11,14-15H2,1-4H3/t24-/m1/s1. The first-order valence-electron chi connectivity index (χ1n) is 12.5. The highest BCUT2D eigenvalue weighted by molar-refractivity contribution is 7.89. The minimum absolute atomic E-state index is 0.0523. The second-order valence-corrected chi connectivity index (χ2v) is 11.7. The molecule has 0 spiro atoms. The molecule has 37 heavy (non-hydrogen) atoms. The number of fused-ring (bicyclic) bond motifs is 1. The van der Waals surface area contributed by atoms with E-state index in [0.717, 1.165) is 42.5 Å². The molecule has 1 aliphatic rings. The van der Waals surface area contributed by atoms with Crippen molar-refractivity contribution in [3.63, 3.8) is 0 Å². The molecule has 1 aromatic heterocycles. The molecule has 0 aliphatic heterocycles. The summed E-state index contributed by atoms with van der Waals surface area (Å²) in [5.74, 6) is 1.33.